The lowest BCUT2D eigenvalue weighted by Crippen LogP contribution is -2.36. The van der Waals surface area contributed by atoms with Crippen LogP contribution in [0.1, 0.15) is 16.1 Å². The van der Waals surface area contributed by atoms with E-state index in [2.05, 4.69) is 15.3 Å². The number of rotatable bonds is 4. The van der Waals surface area contributed by atoms with E-state index < -0.39 is 5.82 Å². The summed E-state index contributed by atoms with van der Waals surface area (Å²) in [6, 6.07) is 11.7. The molecule has 2 heterocycles. The van der Waals surface area contributed by atoms with Gasteiger partial charge in [0, 0.05) is 18.1 Å². The van der Waals surface area contributed by atoms with Gasteiger partial charge in [0.15, 0.2) is 0 Å². The van der Waals surface area contributed by atoms with Gasteiger partial charge in [-0.2, -0.15) is 5.10 Å². The molecule has 1 N–H and O–H groups in total. The van der Waals surface area contributed by atoms with Crippen molar-refractivity contribution in [3.05, 3.63) is 70.8 Å². The van der Waals surface area contributed by atoms with Gasteiger partial charge in [-0.1, -0.05) is 23.7 Å². The zero-order valence-electron chi connectivity index (χ0n) is 15.9. The molecule has 3 aromatic rings. The number of nitrogens with one attached hydrogen (secondary N) is 1. The molecule has 0 spiro atoms. The lowest BCUT2D eigenvalue weighted by molar-refractivity contribution is 0.102. The molecule has 6 nitrogen and oxygen atoms in total. The third-order valence-electron chi connectivity index (χ3n) is 4.89. The Bertz CT molecular complexity index is 1050. The molecule has 150 valence electrons. The maximum absolute atomic E-state index is 14.1. The van der Waals surface area contributed by atoms with Gasteiger partial charge in [-0.25, -0.2) is 9.07 Å². The SMILES string of the molecule is Cc1c(C(=O)Nc2cc(Cl)ccc2N2CCOCC2)cnn1-c1ccccc1F. The highest BCUT2D eigenvalue weighted by molar-refractivity contribution is 6.31. The van der Waals surface area contributed by atoms with E-state index in [0.29, 0.717) is 40.9 Å². The number of hydrogen-bond donors (Lipinski definition) is 1. The van der Waals surface area contributed by atoms with Gasteiger partial charge in [-0.05, 0) is 37.3 Å². The van der Waals surface area contributed by atoms with Crippen LogP contribution in [-0.2, 0) is 4.74 Å². The molecule has 1 aliphatic heterocycles. The van der Waals surface area contributed by atoms with Crippen molar-refractivity contribution in [1.29, 1.82) is 0 Å². The second-order valence-corrected chi connectivity index (χ2v) is 7.16. The van der Waals surface area contributed by atoms with E-state index in [1.165, 1.54) is 16.9 Å². The summed E-state index contributed by atoms with van der Waals surface area (Å²) in [7, 11) is 0. The summed E-state index contributed by atoms with van der Waals surface area (Å²) in [6.07, 6.45) is 1.44. The first-order valence-corrected chi connectivity index (χ1v) is 9.65. The number of ether oxygens (including phenoxy) is 1. The van der Waals surface area contributed by atoms with E-state index in [9.17, 15) is 9.18 Å². The quantitative estimate of drug-likeness (QED) is 0.699. The van der Waals surface area contributed by atoms with Crippen LogP contribution in [-0.4, -0.2) is 42.0 Å². The number of halogens is 2. The Morgan fingerprint density at radius 3 is 2.69 bits per heavy atom. The van der Waals surface area contributed by atoms with Crippen LogP contribution in [0, 0.1) is 12.7 Å². The van der Waals surface area contributed by atoms with Crippen molar-refractivity contribution in [3.8, 4) is 5.69 Å². The minimum absolute atomic E-state index is 0.292. The number of morpholine rings is 1. The maximum Gasteiger partial charge on any atom is 0.259 e. The van der Waals surface area contributed by atoms with Gasteiger partial charge in [0.05, 0.1) is 42.0 Å². The standard InChI is InChI=1S/C21H20ClFN4O2/c1-14-16(13-24-27(14)19-5-3-2-4-17(19)23)21(28)25-18-12-15(22)6-7-20(18)26-8-10-29-11-9-26/h2-7,12-13H,8-11H2,1H3,(H,25,28). The van der Waals surface area contributed by atoms with Crippen LogP contribution in [0.2, 0.25) is 5.02 Å². The maximum atomic E-state index is 14.1. The molecule has 1 amide bonds. The van der Waals surface area contributed by atoms with Crippen LogP contribution in [0.5, 0.6) is 0 Å². The Morgan fingerprint density at radius 1 is 1.17 bits per heavy atom. The van der Waals surface area contributed by atoms with E-state index in [-0.39, 0.29) is 5.91 Å². The van der Waals surface area contributed by atoms with Crippen molar-refractivity contribution in [2.75, 3.05) is 36.5 Å². The summed E-state index contributed by atoms with van der Waals surface area (Å²) < 4.78 is 21.0. The van der Waals surface area contributed by atoms with Gasteiger partial charge in [0.25, 0.3) is 5.91 Å². The molecule has 2 aromatic carbocycles. The predicted molar refractivity (Wildman–Crippen MR) is 111 cm³/mol. The lowest BCUT2D eigenvalue weighted by atomic mass is 10.2. The fraction of sp³-hybridized carbons (Fsp3) is 0.238. The molecule has 1 saturated heterocycles. The van der Waals surface area contributed by atoms with Crippen molar-refractivity contribution < 1.29 is 13.9 Å². The predicted octanol–water partition coefficient (Wildman–Crippen LogP) is 4.06. The first-order valence-electron chi connectivity index (χ1n) is 9.27. The highest BCUT2D eigenvalue weighted by atomic mass is 35.5. The first-order chi connectivity index (χ1) is 14.0. The summed E-state index contributed by atoms with van der Waals surface area (Å²) in [6.45, 7) is 4.45. The molecular weight excluding hydrogens is 395 g/mol. The second kappa shape index (κ2) is 8.23. The Kier molecular flexibility index (Phi) is 5.51. The molecule has 1 aliphatic rings. The van der Waals surface area contributed by atoms with Crippen molar-refractivity contribution >= 4 is 28.9 Å². The van der Waals surface area contributed by atoms with E-state index in [1.54, 1.807) is 37.3 Å². The smallest absolute Gasteiger partial charge is 0.259 e. The second-order valence-electron chi connectivity index (χ2n) is 6.72. The molecule has 29 heavy (non-hydrogen) atoms. The third kappa shape index (κ3) is 3.97. The monoisotopic (exact) mass is 414 g/mol. The molecule has 8 heteroatoms. The van der Waals surface area contributed by atoms with Crippen LogP contribution in [0.4, 0.5) is 15.8 Å². The van der Waals surface area contributed by atoms with E-state index in [4.69, 9.17) is 16.3 Å². The number of anilines is 2. The van der Waals surface area contributed by atoms with Crippen molar-refractivity contribution in [1.82, 2.24) is 9.78 Å². The minimum atomic E-state index is -0.407. The van der Waals surface area contributed by atoms with Gasteiger partial charge in [-0.15, -0.1) is 0 Å². The number of hydrogen-bond acceptors (Lipinski definition) is 4. The van der Waals surface area contributed by atoms with Crippen molar-refractivity contribution in [2.45, 2.75) is 6.92 Å². The van der Waals surface area contributed by atoms with E-state index in [1.807, 2.05) is 6.07 Å². The number of amides is 1. The Hall–Kier alpha value is -2.90. The highest BCUT2D eigenvalue weighted by Crippen LogP contribution is 2.30. The van der Waals surface area contributed by atoms with Crippen LogP contribution < -0.4 is 10.2 Å². The molecule has 0 unspecified atom stereocenters. The zero-order valence-corrected chi connectivity index (χ0v) is 16.6. The molecule has 4 rings (SSSR count). The molecular formula is C21H20ClFN4O2. The molecule has 1 fully saturated rings. The number of aromatic nitrogens is 2. The molecule has 0 radical (unpaired) electrons. The molecule has 0 atom stereocenters. The van der Waals surface area contributed by atoms with Gasteiger partial charge in [-0.3, -0.25) is 4.79 Å². The van der Waals surface area contributed by atoms with Crippen molar-refractivity contribution in [2.24, 2.45) is 0 Å². The van der Waals surface area contributed by atoms with Gasteiger partial charge in [0.1, 0.15) is 11.5 Å². The highest BCUT2D eigenvalue weighted by Gasteiger charge is 2.20. The molecule has 0 bridgehead atoms. The Morgan fingerprint density at radius 2 is 1.93 bits per heavy atom. The number of benzene rings is 2. The average molecular weight is 415 g/mol. The largest absolute Gasteiger partial charge is 0.378 e. The number of carbonyl (C=O) groups excluding carboxylic acids is 1. The zero-order chi connectivity index (χ0) is 20.4. The number of para-hydroxylation sites is 1. The Balaban J connectivity index is 1.62. The van der Waals surface area contributed by atoms with Crippen LogP contribution in [0.25, 0.3) is 5.69 Å². The van der Waals surface area contributed by atoms with Crippen LogP contribution in [0.3, 0.4) is 0 Å². The van der Waals surface area contributed by atoms with Gasteiger partial charge < -0.3 is 15.0 Å². The summed E-state index contributed by atoms with van der Waals surface area (Å²) in [4.78, 5) is 15.1. The third-order valence-corrected chi connectivity index (χ3v) is 5.13. The topological polar surface area (TPSA) is 59.4 Å². The summed E-state index contributed by atoms with van der Waals surface area (Å²) in [5, 5.41) is 7.66. The van der Waals surface area contributed by atoms with Gasteiger partial charge in [0.2, 0.25) is 0 Å². The molecule has 1 aromatic heterocycles. The number of nitrogens with zero attached hydrogens (tertiary/aromatic N) is 3. The van der Waals surface area contributed by atoms with Gasteiger partial charge >= 0.3 is 0 Å². The van der Waals surface area contributed by atoms with E-state index in [0.717, 1.165) is 18.8 Å². The Labute approximate surface area is 172 Å². The lowest BCUT2D eigenvalue weighted by Gasteiger charge is -2.30. The van der Waals surface area contributed by atoms with Crippen LogP contribution >= 0.6 is 11.6 Å². The average Bonchev–Trinajstić information content (AvgIpc) is 3.10. The van der Waals surface area contributed by atoms with E-state index >= 15 is 0 Å². The van der Waals surface area contributed by atoms with Crippen molar-refractivity contribution in [3.63, 3.8) is 0 Å². The number of carbonyl (C=O) groups is 1. The minimum Gasteiger partial charge on any atom is -0.378 e. The fourth-order valence-corrected chi connectivity index (χ4v) is 3.55. The van der Waals surface area contributed by atoms with Crippen LogP contribution in [0.15, 0.2) is 48.7 Å². The molecule has 0 saturated carbocycles. The first kappa shape index (κ1) is 19.4. The summed E-state index contributed by atoms with van der Waals surface area (Å²) in [5.41, 5.74) is 2.69. The normalized spacial score (nSPS) is 14.1. The summed E-state index contributed by atoms with van der Waals surface area (Å²) in [5.74, 6) is -0.739. The fourth-order valence-electron chi connectivity index (χ4n) is 3.38. The summed E-state index contributed by atoms with van der Waals surface area (Å²) >= 11 is 6.17. The molecule has 0 aliphatic carbocycles.